The van der Waals surface area contributed by atoms with E-state index in [1.165, 1.54) is 4.68 Å². The summed E-state index contributed by atoms with van der Waals surface area (Å²) >= 11 is 0. The molecule has 0 aliphatic carbocycles. The van der Waals surface area contributed by atoms with Gasteiger partial charge in [-0.1, -0.05) is 0 Å². The third-order valence-corrected chi connectivity index (χ3v) is 2.15. The third-order valence-electron chi connectivity index (χ3n) is 2.15. The number of nitrogens with zero attached hydrogens (tertiary/aromatic N) is 2. The molecule has 1 aliphatic rings. The van der Waals surface area contributed by atoms with Crippen molar-refractivity contribution in [3.8, 4) is 0 Å². The van der Waals surface area contributed by atoms with Gasteiger partial charge in [0.15, 0.2) is 0 Å². The van der Waals surface area contributed by atoms with E-state index in [0.29, 0.717) is 11.3 Å². The van der Waals surface area contributed by atoms with Crippen molar-refractivity contribution in [1.29, 1.82) is 0 Å². The van der Waals surface area contributed by atoms with Crippen LogP contribution in [0.3, 0.4) is 0 Å². The summed E-state index contributed by atoms with van der Waals surface area (Å²) in [5, 5.41) is 15.2. The van der Waals surface area contributed by atoms with Crippen LogP contribution in [0.1, 0.15) is 16.1 Å². The lowest BCUT2D eigenvalue weighted by Crippen LogP contribution is -2.46. The molecule has 14 heavy (non-hydrogen) atoms. The number of hydrogen-bond acceptors (Lipinski definition) is 3. The van der Waals surface area contributed by atoms with Crippen molar-refractivity contribution >= 4 is 11.9 Å². The fraction of sp³-hybridized carbons (Fsp3) is 0.375. The van der Waals surface area contributed by atoms with Crippen molar-refractivity contribution in [2.45, 2.75) is 12.5 Å². The lowest BCUT2D eigenvalue weighted by molar-refractivity contribution is -0.139. The van der Waals surface area contributed by atoms with Gasteiger partial charge in [-0.05, 0) is 0 Å². The van der Waals surface area contributed by atoms with Crippen LogP contribution in [0.15, 0.2) is 6.20 Å². The Morgan fingerprint density at radius 3 is 3.14 bits per heavy atom. The number of amides is 1. The Kier molecular flexibility index (Phi) is 1.77. The molecule has 1 aliphatic heterocycles. The van der Waals surface area contributed by atoms with Crippen molar-refractivity contribution in [3.05, 3.63) is 17.5 Å². The van der Waals surface area contributed by atoms with Crippen molar-refractivity contribution in [2.24, 2.45) is 7.05 Å². The molecule has 1 unspecified atom stereocenters. The Labute approximate surface area is 79.5 Å². The van der Waals surface area contributed by atoms with E-state index in [9.17, 15) is 9.59 Å². The van der Waals surface area contributed by atoms with Crippen molar-refractivity contribution in [1.82, 2.24) is 15.1 Å². The first kappa shape index (κ1) is 8.74. The number of carbonyl (C=O) groups excluding carboxylic acids is 1. The van der Waals surface area contributed by atoms with Crippen LogP contribution >= 0.6 is 0 Å². The van der Waals surface area contributed by atoms with E-state index < -0.39 is 12.0 Å². The van der Waals surface area contributed by atoms with Gasteiger partial charge in [0, 0.05) is 19.7 Å². The maximum atomic E-state index is 11.4. The summed E-state index contributed by atoms with van der Waals surface area (Å²) in [4.78, 5) is 22.1. The molecule has 0 bridgehead atoms. The molecule has 0 radical (unpaired) electrons. The number of carboxylic acid groups (broad SMARTS) is 1. The summed E-state index contributed by atoms with van der Waals surface area (Å²) in [5.41, 5.74) is 1.01. The quantitative estimate of drug-likeness (QED) is 0.612. The average molecular weight is 195 g/mol. The summed E-state index contributed by atoms with van der Waals surface area (Å²) in [6, 6.07) is -0.857. The number of hydrogen-bond donors (Lipinski definition) is 2. The van der Waals surface area contributed by atoms with Gasteiger partial charge in [-0.2, -0.15) is 5.10 Å². The second-order valence-electron chi connectivity index (χ2n) is 3.23. The number of rotatable bonds is 1. The number of aliphatic carboxylic acids is 1. The molecule has 1 atom stereocenters. The molecule has 0 spiro atoms. The predicted molar refractivity (Wildman–Crippen MR) is 45.8 cm³/mol. The van der Waals surface area contributed by atoms with E-state index >= 15 is 0 Å². The third kappa shape index (κ3) is 1.24. The molecule has 1 aromatic heterocycles. The van der Waals surface area contributed by atoms with Crippen LogP contribution in [-0.4, -0.2) is 32.8 Å². The number of carbonyl (C=O) groups is 2. The van der Waals surface area contributed by atoms with Gasteiger partial charge in [-0.15, -0.1) is 0 Å². The highest BCUT2D eigenvalue weighted by molar-refractivity contribution is 5.99. The minimum absolute atomic E-state index is 0.247. The van der Waals surface area contributed by atoms with E-state index in [2.05, 4.69) is 10.4 Å². The Morgan fingerprint density at radius 1 is 1.79 bits per heavy atom. The molecule has 0 aromatic carbocycles. The lowest BCUT2D eigenvalue weighted by atomic mass is 10.0. The summed E-state index contributed by atoms with van der Waals surface area (Å²) in [6.07, 6.45) is 1.83. The standard InChI is InChI=1S/C8H9N3O3/c1-11-3-4-5(10-11)2-6(8(13)14)9-7(4)12/h3,6H,2H2,1H3,(H,9,12)(H,13,14). The summed E-state index contributed by atoms with van der Waals surface area (Å²) < 4.78 is 1.51. The zero-order chi connectivity index (χ0) is 10.3. The zero-order valence-electron chi connectivity index (χ0n) is 7.52. The highest BCUT2D eigenvalue weighted by Gasteiger charge is 2.30. The molecule has 1 aromatic rings. The van der Waals surface area contributed by atoms with E-state index in [1.54, 1.807) is 13.2 Å². The molecule has 0 saturated heterocycles. The highest BCUT2D eigenvalue weighted by Crippen LogP contribution is 2.14. The molecule has 0 saturated carbocycles. The first-order valence-corrected chi connectivity index (χ1v) is 4.14. The molecule has 1 amide bonds. The van der Waals surface area contributed by atoms with Crippen molar-refractivity contribution in [2.75, 3.05) is 0 Å². The number of aryl methyl sites for hydroxylation is 1. The van der Waals surface area contributed by atoms with E-state index in [4.69, 9.17) is 5.11 Å². The van der Waals surface area contributed by atoms with Gasteiger partial charge in [0.05, 0.1) is 11.3 Å². The largest absolute Gasteiger partial charge is 0.480 e. The van der Waals surface area contributed by atoms with Gasteiger partial charge in [0.25, 0.3) is 5.91 Å². The average Bonchev–Trinajstić information content (AvgIpc) is 2.45. The Hall–Kier alpha value is -1.85. The number of nitrogens with one attached hydrogen (secondary N) is 1. The van der Waals surface area contributed by atoms with Crippen molar-refractivity contribution in [3.63, 3.8) is 0 Å². The molecular weight excluding hydrogens is 186 g/mol. The second-order valence-corrected chi connectivity index (χ2v) is 3.23. The van der Waals surface area contributed by atoms with Crippen LogP contribution in [0.4, 0.5) is 0 Å². The van der Waals surface area contributed by atoms with E-state index in [0.717, 1.165) is 0 Å². The Bertz CT molecular complexity index is 410. The van der Waals surface area contributed by atoms with Gasteiger partial charge in [-0.25, -0.2) is 4.79 Å². The van der Waals surface area contributed by atoms with Crippen LogP contribution < -0.4 is 5.32 Å². The maximum Gasteiger partial charge on any atom is 0.326 e. The van der Waals surface area contributed by atoms with Gasteiger partial charge >= 0.3 is 5.97 Å². The van der Waals surface area contributed by atoms with Gasteiger partial charge in [0.1, 0.15) is 6.04 Å². The second kappa shape index (κ2) is 2.83. The van der Waals surface area contributed by atoms with Gasteiger partial charge in [0.2, 0.25) is 0 Å². The molecular formula is C8H9N3O3. The SMILES string of the molecule is Cn1cc2c(n1)CC(C(=O)O)NC2=O. The van der Waals surface area contributed by atoms with Crippen LogP contribution in [-0.2, 0) is 18.3 Å². The minimum atomic E-state index is -1.03. The molecule has 2 N–H and O–H groups in total. The minimum Gasteiger partial charge on any atom is -0.480 e. The first-order valence-electron chi connectivity index (χ1n) is 4.14. The number of fused-ring (bicyclic) bond motifs is 1. The van der Waals surface area contributed by atoms with Crippen molar-refractivity contribution < 1.29 is 14.7 Å². The molecule has 0 fully saturated rings. The summed E-state index contributed by atoms with van der Waals surface area (Å²) in [7, 11) is 1.70. The van der Waals surface area contributed by atoms with E-state index in [-0.39, 0.29) is 12.3 Å². The fourth-order valence-electron chi connectivity index (χ4n) is 1.50. The number of carboxylic acids is 1. The molecule has 6 nitrogen and oxygen atoms in total. The highest BCUT2D eigenvalue weighted by atomic mass is 16.4. The van der Waals surface area contributed by atoms with Crippen LogP contribution in [0.5, 0.6) is 0 Å². The monoisotopic (exact) mass is 195 g/mol. The van der Waals surface area contributed by atoms with Gasteiger partial charge in [-0.3, -0.25) is 9.48 Å². The summed E-state index contributed by atoms with van der Waals surface area (Å²) in [5.74, 6) is -1.40. The summed E-state index contributed by atoms with van der Waals surface area (Å²) in [6.45, 7) is 0. The zero-order valence-corrected chi connectivity index (χ0v) is 7.52. The van der Waals surface area contributed by atoms with Crippen LogP contribution in [0.2, 0.25) is 0 Å². The Morgan fingerprint density at radius 2 is 2.50 bits per heavy atom. The lowest BCUT2D eigenvalue weighted by Gasteiger charge is -2.18. The molecule has 2 heterocycles. The fourth-order valence-corrected chi connectivity index (χ4v) is 1.50. The number of aromatic nitrogens is 2. The topological polar surface area (TPSA) is 84.2 Å². The van der Waals surface area contributed by atoms with Crippen LogP contribution in [0, 0.1) is 0 Å². The molecule has 74 valence electrons. The van der Waals surface area contributed by atoms with Crippen LogP contribution in [0.25, 0.3) is 0 Å². The Balaban J connectivity index is 2.37. The maximum absolute atomic E-state index is 11.4. The smallest absolute Gasteiger partial charge is 0.326 e. The normalized spacial score (nSPS) is 20.1. The molecule has 2 rings (SSSR count). The first-order chi connectivity index (χ1) is 6.58. The van der Waals surface area contributed by atoms with E-state index in [1.807, 2.05) is 0 Å². The predicted octanol–water partition coefficient (Wildman–Crippen LogP) is -0.841. The van der Waals surface area contributed by atoms with Gasteiger partial charge < -0.3 is 10.4 Å². The molecule has 6 heteroatoms.